The first-order valence-electron chi connectivity index (χ1n) is 11.2. The first-order valence-corrected chi connectivity index (χ1v) is 13.8. The van der Waals surface area contributed by atoms with Crippen molar-refractivity contribution in [3.63, 3.8) is 0 Å². The van der Waals surface area contributed by atoms with Crippen LogP contribution in [-0.2, 0) is 34.0 Å². The number of nitrogens with zero attached hydrogens (tertiary/aromatic N) is 3. The standard InChI is InChI=1S/C22H31N5O4S2/c1-12-17(13(2)27(25-12)15-8-9-33(30,31)11-15)10-26(4)14(3)21(29)24-22-19(20(23)28)16-6-5-7-18(16)32-22/h14-15H,5-11H2,1-4H3,(H2,23,28)(H,24,29). The van der Waals surface area contributed by atoms with Crippen LogP contribution in [0.5, 0.6) is 0 Å². The molecule has 180 valence electrons. The van der Waals surface area contributed by atoms with Gasteiger partial charge in [0.25, 0.3) is 5.91 Å². The Bertz CT molecular complexity index is 1210. The molecule has 2 amide bonds. The van der Waals surface area contributed by atoms with Crippen LogP contribution in [0.4, 0.5) is 5.00 Å². The number of thiophene rings is 1. The summed E-state index contributed by atoms with van der Waals surface area (Å²) in [7, 11) is -1.14. The zero-order valence-electron chi connectivity index (χ0n) is 19.5. The number of nitrogens with two attached hydrogens (primary N) is 1. The highest BCUT2D eigenvalue weighted by molar-refractivity contribution is 7.91. The Hall–Kier alpha value is -2.24. The number of aromatic nitrogens is 2. The SMILES string of the molecule is Cc1nn(C2CCS(=O)(=O)C2)c(C)c1CN(C)C(C)C(=O)Nc1sc2c(c1C(N)=O)CCC2. The highest BCUT2D eigenvalue weighted by atomic mass is 32.2. The molecule has 2 aromatic heterocycles. The van der Waals surface area contributed by atoms with Crippen molar-refractivity contribution in [2.24, 2.45) is 5.73 Å². The highest BCUT2D eigenvalue weighted by Crippen LogP contribution is 2.39. The summed E-state index contributed by atoms with van der Waals surface area (Å²) in [6.07, 6.45) is 3.32. The van der Waals surface area contributed by atoms with Gasteiger partial charge in [-0.2, -0.15) is 5.10 Å². The van der Waals surface area contributed by atoms with Crippen molar-refractivity contribution >= 4 is 38.0 Å². The minimum absolute atomic E-state index is 0.121. The second-order valence-electron chi connectivity index (χ2n) is 9.16. The molecule has 1 aliphatic carbocycles. The molecule has 0 bridgehead atoms. The lowest BCUT2D eigenvalue weighted by Crippen LogP contribution is -2.39. The Balaban J connectivity index is 1.47. The van der Waals surface area contributed by atoms with Crippen LogP contribution in [0.2, 0.25) is 0 Å². The number of anilines is 1. The zero-order chi connectivity index (χ0) is 24.1. The predicted octanol–water partition coefficient (Wildman–Crippen LogP) is 1.97. The molecule has 3 N–H and O–H groups in total. The maximum atomic E-state index is 13.0. The summed E-state index contributed by atoms with van der Waals surface area (Å²) in [5.74, 6) is -0.388. The average Bonchev–Trinajstić information content (AvgIpc) is 3.46. The highest BCUT2D eigenvalue weighted by Gasteiger charge is 2.32. The number of nitrogens with one attached hydrogen (secondary N) is 1. The molecule has 4 rings (SSSR count). The topological polar surface area (TPSA) is 127 Å². The summed E-state index contributed by atoms with van der Waals surface area (Å²) in [5, 5.41) is 8.08. The Kier molecular flexibility index (Phi) is 6.41. The normalized spacial score (nSPS) is 20.2. The van der Waals surface area contributed by atoms with E-state index in [1.165, 1.54) is 11.3 Å². The number of hydrogen-bond acceptors (Lipinski definition) is 7. The molecule has 2 atom stereocenters. The van der Waals surface area contributed by atoms with Crippen molar-refractivity contribution in [2.45, 2.75) is 65.1 Å². The second kappa shape index (κ2) is 8.84. The number of primary amides is 1. The van der Waals surface area contributed by atoms with Crippen LogP contribution in [0.3, 0.4) is 0 Å². The van der Waals surface area contributed by atoms with Crippen LogP contribution >= 0.6 is 11.3 Å². The van der Waals surface area contributed by atoms with Crippen LogP contribution in [0, 0.1) is 13.8 Å². The molecular weight excluding hydrogens is 462 g/mol. The Labute approximate surface area is 198 Å². The van der Waals surface area contributed by atoms with Gasteiger partial charge in [-0.3, -0.25) is 19.2 Å². The minimum atomic E-state index is -3.01. The van der Waals surface area contributed by atoms with Gasteiger partial charge in [-0.05, 0) is 59.1 Å². The molecule has 2 aromatic rings. The molecule has 0 spiro atoms. The van der Waals surface area contributed by atoms with Gasteiger partial charge >= 0.3 is 0 Å². The summed E-state index contributed by atoms with van der Waals surface area (Å²) in [5.41, 5.74) is 9.81. The van der Waals surface area contributed by atoms with E-state index < -0.39 is 21.8 Å². The van der Waals surface area contributed by atoms with E-state index >= 15 is 0 Å². The molecule has 9 nitrogen and oxygen atoms in total. The first-order chi connectivity index (χ1) is 15.5. The van der Waals surface area contributed by atoms with Gasteiger partial charge in [0.05, 0.1) is 34.8 Å². The molecular formula is C22H31N5O4S2. The summed E-state index contributed by atoms with van der Waals surface area (Å²) in [4.78, 5) is 28.1. The molecule has 3 heterocycles. The largest absolute Gasteiger partial charge is 0.365 e. The monoisotopic (exact) mass is 493 g/mol. The summed E-state index contributed by atoms with van der Waals surface area (Å²) in [6, 6.07) is -0.599. The predicted molar refractivity (Wildman–Crippen MR) is 128 cm³/mol. The fourth-order valence-corrected chi connectivity index (χ4v) is 7.80. The van der Waals surface area contributed by atoms with E-state index in [0.29, 0.717) is 23.5 Å². The van der Waals surface area contributed by atoms with E-state index in [0.717, 1.165) is 46.7 Å². The van der Waals surface area contributed by atoms with Gasteiger partial charge < -0.3 is 11.1 Å². The van der Waals surface area contributed by atoms with Crippen molar-refractivity contribution in [2.75, 3.05) is 23.9 Å². The molecule has 33 heavy (non-hydrogen) atoms. The molecule has 0 radical (unpaired) electrons. The minimum Gasteiger partial charge on any atom is -0.365 e. The fraction of sp³-hybridized carbons (Fsp3) is 0.591. The third-order valence-corrected chi connectivity index (χ3v) is 9.84. The van der Waals surface area contributed by atoms with Gasteiger partial charge in [0.15, 0.2) is 9.84 Å². The fourth-order valence-electron chi connectivity index (χ4n) is 4.81. The van der Waals surface area contributed by atoms with E-state index in [2.05, 4.69) is 10.4 Å². The van der Waals surface area contributed by atoms with Crippen molar-refractivity contribution in [1.82, 2.24) is 14.7 Å². The van der Waals surface area contributed by atoms with Crippen molar-refractivity contribution in [1.29, 1.82) is 0 Å². The van der Waals surface area contributed by atoms with E-state index in [-0.39, 0.29) is 23.5 Å². The van der Waals surface area contributed by atoms with Crippen LogP contribution < -0.4 is 11.1 Å². The second-order valence-corrected chi connectivity index (χ2v) is 12.5. The number of carbonyl (C=O) groups excluding carboxylic acids is 2. The number of aryl methyl sites for hydroxylation is 2. The third-order valence-electron chi connectivity index (χ3n) is 6.88. The third kappa shape index (κ3) is 4.58. The first kappa shape index (κ1) is 23.9. The lowest BCUT2D eigenvalue weighted by atomic mass is 10.1. The van der Waals surface area contributed by atoms with E-state index in [1.54, 1.807) is 0 Å². The van der Waals surface area contributed by atoms with Crippen molar-refractivity contribution in [3.8, 4) is 0 Å². The smallest absolute Gasteiger partial charge is 0.251 e. The molecule has 2 unspecified atom stereocenters. The molecule has 0 aromatic carbocycles. The van der Waals surface area contributed by atoms with Crippen molar-refractivity contribution in [3.05, 3.63) is 33.0 Å². The van der Waals surface area contributed by atoms with Crippen LogP contribution in [0.15, 0.2) is 0 Å². The molecule has 11 heteroatoms. The number of sulfone groups is 1. The number of fused-ring (bicyclic) bond motifs is 1. The van der Waals surface area contributed by atoms with Crippen LogP contribution in [0.25, 0.3) is 0 Å². The number of hydrogen-bond donors (Lipinski definition) is 2. The Morgan fingerprint density at radius 1 is 1.33 bits per heavy atom. The summed E-state index contributed by atoms with van der Waals surface area (Å²) in [6.45, 7) is 6.17. The van der Waals surface area contributed by atoms with E-state index in [9.17, 15) is 18.0 Å². The van der Waals surface area contributed by atoms with Gasteiger partial charge in [-0.25, -0.2) is 8.42 Å². The maximum Gasteiger partial charge on any atom is 0.251 e. The number of likely N-dealkylation sites (N-methyl/N-ethyl adjacent to an activating group) is 1. The Morgan fingerprint density at radius 3 is 2.70 bits per heavy atom. The number of carbonyl (C=O) groups is 2. The quantitative estimate of drug-likeness (QED) is 0.607. The molecule has 1 saturated heterocycles. The lowest BCUT2D eigenvalue weighted by Gasteiger charge is -2.24. The Morgan fingerprint density at radius 2 is 2.06 bits per heavy atom. The summed E-state index contributed by atoms with van der Waals surface area (Å²) < 4.78 is 25.6. The van der Waals surface area contributed by atoms with Gasteiger partial charge in [-0.15, -0.1) is 11.3 Å². The lowest BCUT2D eigenvalue weighted by molar-refractivity contribution is -0.120. The number of amides is 2. The zero-order valence-corrected chi connectivity index (χ0v) is 21.1. The summed E-state index contributed by atoms with van der Waals surface area (Å²) >= 11 is 1.45. The molecule has 0 saturated carbocycles. The average molecular weight is 494 g/mol. The molecule has 1 aliphatic heterocycles. The molecule has 1 fully saturated rings. The van der Waals surface area contributed by atoms with E-state index in [1.807, 2.05) is 37.4 Å². The molecule has 2 aliphatic rings. The van der Waals surface area contributed by atoms with Gasteiger partial charge in [0, 0.05) is 22.7 Å². The van der Waals surface area contributed by atoms with Crippen LogP contribution in [0.1, 0.15) is 63.6 Å². The van der Waals surface area contributed by atoms with Crippen molar-refractivity contribution < 1.29 is 18.0 Å². The van der Waals surface area contributed by atoms with Crippen LogP contribution in [-0.4, -0.2) is 59.5 Å². The van der Waals surface area contributed by atoms with Gasteiger partial charge in [0.2, 0.25) is 5.91 Å². The maximum absolute atomic E-state index is 13.0. The van der Waals surface area contributed by atoms with Gasteiger partial charge in [0.1, 0.15) is 5.00 Å². The van der Waals surface area contributed by atoms with Gasteiger partial charge in [-0.1, -0.05) is 0 Å². The number of rotatable bonds is 7. The van der Waals surface area contributed by atoms with E-state index in [4.69, 9.17) is 5.73 Å².